The number of halogens is 3. The maximum absolute atomic E-state index is 12.2. The van der Waals surface area contributed by atoms with Gasteiger partial charge in [0, 0.05) is 15.7 Å². The molecular weight excluding hydrogens is 363 g/mol. The number of nitrogens with zero attached hydrogens (tertiary/aromatic N) is 1. The smallest absolute Gasteiger partial charge is 0.255 e. The van der Waals surface area contributed by atoms with Crippen molar-refractivity contribution in [2.45, 2.75) is 13.8 Å². The van der Waals surface area contributed by atoms with Gasteiger partial charge in [0.05, 0.1) is 0 Å². The maximum atomic E-state index is 12.2. The first kappa shape index (κ1) is 15.3. The van der Waals surface area contributed by atoms with Crippen LogP contribution < -0.4 is 5.32 Å². The molecule has 1 amide bonds. The summed E-state index contributed by atoms with van der Waals surface area (Å²) in [6.07, 6.45) is 0. The van der Waals surface area contributed by atoms with Gasteiger partial charge in [0.2, 0.25) is 0 Å². The third-order valence-electron chi connectivity index (χ3n) is 2.72. The van der Waals surface area contributed by atoms with Crippen molar-refractivity contribution in [1.29, 1.82) is 0 Å². The second-order valence-electron chi connectivity index (χ2n) is 4.38. The number of carbonyl (C=O) groups is 1. The number of benzene rings is 1. The Labute approximate surface area is 135 Å². The molecule has 0 spiro atoms. The average Bonchev–Trinajstić information content (AvgIpc) is 2.34. The van der Waals surface area contributed by atoms with E-state index in [1.54, 1.807) is 0 Å². The molecule has 0 aliphatic carbocycles. The van der Waals surface area contributed by atoms with E-state index in [1.807, 2.05) is 26.0 Å². The fourth-order valence-electron chi connectivity index (χ4n) is 1.82. The van der Waals surface area contributed by atoms with Gasteiger partial charge in [0.25, 0.3) is 5.91 Å². The maximum Gasteiger partial charge on any atom is 0.255 e. The topological polar surface area (TPSA) is 42.0 Å². The van der Waals surface area contributed by atoms with E-state index in [0.717, 1.165) is 21.3 Å². The van der Waals surface area contributed by atoms with E-state index in [0.29, 0.717) is 5.56 Å². The van der Waals surface area contributed by atoms with Crippen molar-refractivity contribution in [1.82, 2.24) is 4.98 Å². The van der Waals surface area contributed by atoms with Crippen LogP contribution >= 0.6 is 39.1 Å². The number of nitrogens with one attached hydrogen (secondary N) is 1. The summed E-state index contributed by atoms with van der Waals surface area (Å²) in [6, 6.07) is 6.72. The number of hydrogen-bond acceptors (Lipinski definition) is 2. The van der Waals surface area contributed by atoms with Gasteiger partial charge in [-0.1, -0.05) is 39.1 Å². The zero-order valence-electron chi connectivity index (χ0n) is 10.8. The number of amides is 1. The lowest BCUT2D eigenvalue weighted by atomic mass is 10.1. The highest BCUT2D eigenvalue weighted by Crippen LogP contribution is 2.25. The Bertz CT molecular complexity index is 646. The largest absolute Gasteiger partial charge is 0.322 e. The number of aryl methyl sites for hydroxylation is 2. The molecule has 0 atom stereocenters. The fraction of sp³-hybridized carbons (Fsp3) is 0.143. The molecule has 1 heterocycles. The van der Waals surface area contributed by atoms with E-state index in [9.17, 15) is 4.79 Å². The van der Waals surface area contributed by atoms with Gasteiger partial charge < -0.3 is 5.32 Å². The minimum Gasteiger partial charge on any atom is -0.322 e. The van der Waals surface area contributed by atoms with Crippen LogP contribution in [0.15, 0.2) is 28.7 Å². The predicted molar refractivity (Wildman–Crippen MR) is 85.8 cm³/mol. The molecule has 0 saturated heterocycles. The van der Waals surface area contributed by atoms with E-state index in [2.05, 4.69) is 26.2 Å². The molecule has 0 fully saturated rings. The van der Waals surface area contributed by atoms with Crippen molar-refractivity contribution in [3.05, 3.63) is 55.7 Å². The first-order chi connectivity index (χ1) is 9.36. The number of aromatic nitrogens is 1. The third-order valence-corrected chi connectivity index (χ3v) is 4.36. The van der Waals surface area contributed by atoms with Crippen LogP contribution in [0.25, 0.3) is 0 Å². The molecule has 3 nitrogen and oxygen atoms in total. The highest BCUT2D eigenvalue weighted by molar-refractivity contribution is 9.10. The van der Waals surface area contributed by atoms with Crippen LogP contribution in [0.3, 0.4) is 0 Å². The van der Waals surface area contributed by atoms with Crippen molar-refractivity contribution in [2.24, 2.45) is 0 Å². The second kappa shape index (κ2) is 6.12. The second-order valence-corrected chi connectivity index (χ2v) is 5.95. The standard InChI is InChI=1S/C14H11BrCl2N2O/c1-7-3-10(4-8(2)13(7)15)18-14(20)9-5-11(16)19-12(17)6-9/h3-6H,1-2H3,(H,18,20). The highest BCUT2D eigenvalue weighted by atomic mass is 79.9. The fourth-order valence-corrected chi connectivity index (χ4v) is 2.51. The first-order valence-corrected chi connectivity index (χ1v) is 7.33. The Morgan fingerprint density at radius 2 is 1.60 bits per heavy atom. The van der Waals surface area contributed by atoms with Gasteiger partial charge in [-0.25, -0.2) is 4.98 Å². The van der Waals surface area contributed by atoms with Gasteiger partial charge in [-0.15, -0.1) is 0 Å². The van der Waals surface area contributed by atoms with Crippen molar-refractivity contribution >= 4 is 50.7 Å². The molecule has 0 aliphatic rings. The molecule has 104 valence electrons. The molecule has 0 saturated carbocycles. The molecule has 0 bridgehead atoms. The predicted octanol–water partition coefficient (Wildman–Crippen LogP) is 5.02. The molecule has 2 rings (SSSR count). The molecule has 20 heavy (non-hydrogen) atoms. The van der Waals surface area contributed by atoms with Gasteiger partial charge in [0.15, 0.2) is 0 Å². The lowest BCUT2D eigenvalue weighted by Gasteiger charge is -2.10. The molecule has 0 unspecified atom stereocenters. The molecule has 1 N–H and O–H groups in total. The quantitative estimate of drug-likeness (QED) is 0.751. The summed E-state index contributed by atoms with van der Waals surface area (Å²) in [5.74, 6) is -0.280. The minimum atomic E-state index is -0.280. The van der Waals surface area contributed by atoms with Crippen LogP contribution in [0.1, 0.15) is 21.5 Å². The average molecular weight is 374 g/mol. The summed E-state index contributed by atoms with van der Waals surface area (Å²) < 4.78 is 1.03. The van der Waals surface area contributed by atoms with Gasteiger partial charge in [0.1, 0.15) is 10.3 Å². The molecule has 0 aliphatic heterocycles. The number of rotatable bonds is 2. The van der Waals surface area contributed by atoms with Gasteiger partial charge in [-0.3, -0.25) is 4.79 Å². The van der Waals surface area contributed by atoms with E-state index in [-0.39, 0.29) is 16.2 Å². The van der Waals surface area contributed by atoms with Gasteiger partial charge >= 0.3 is 0 Å². The normalized spacial score (nSPS) is 10.4. The first-order valence-electron chi connectivity index (χ1n) is 5.78. The van der Waals surface area contributed by atoms with Crippen molar-refractivity contribution in [3.8, 4) is 0 Å². The lowest BCUT2D eigenvalue weighted by Crippen LogP contribution is -2.12. The van der Waals surface area contributed by atoms with Crippen molar-refractivity contribution in [2.75, 3.05) is 5.32 Å². The number of carbonyl (C=O) groups excluding carboxylic acids is 1. The summed E-state index contributed by atoms with van der Waals surface area (Å²) in [4.78, 5) is 16.0. The van der Waals surface area contributed by atoms with Crippen molar-refractivity contribution < 1.29 is 4.79 Å². The summed E-state index contributed by atoms with van der Waals surface area (Å²) in [6.45, 7) is 3.93. The Morgan fingerprint density at radius 1 is 1.10 bits per heavy atom. The van der Waals surface area contributed by atoms with Gasteiger partial charge in [-0.05, 0) is 49.2 Å². The van der Waals surface area contributed by atoms with Crippen LogP contribution in [-0.4, -0.2) is 10.9 Å². The molecule has 1 aromatic heterocycles. The zero-order valence-corrected chi connectivity index (χ0v) is 13.9. The molecule has 0 radical (unpaired) electrons. The van der Waals surface area contributed by atoms with Crippen LogP contribution in [0.4, 0.5) is 5.69 Å². The Balaban J connectivity index is 2.28. The van der Waals surface area contributed by atoms with Crippen LogP contribution in [-0.2, 0) is 0 Å². The monoisotopic (exact) mass is 372 g/mol. The van der Waals surface area contributed by atoms with Crippen molar-refractivity contribution in [3.63, 3.8) is 0 Å². The van der Waals surface area contributed by atoms with E-state index < -0.39 is 0 Å². The number of anilines is 1. The van der Waals surface area contributed by atoms with Crippen LogP contribution in [0.5, 0.6) is 0 Å². The zero-order chi connectivity index (χ0) is 14.9. The van der Waals surface area contributed by atoms with E-state index >= 15 is 0 Å². The number of hydrogen-bond donors (Lipinski definition) is 1. The summed E-state index contributed by atoms with van der Waals surface area (Å²) in [5.41, 5.74) is 3.18. The van der Waals surface area contributed by atoms with Crippen LogP contribution in [0, 0.1) is 13.8 Å². The van der Waals surface area contributed by atoms with E-state index in [4.69, 9.17) is 23.2 Å². The lowest BCUT2D eigenvalue weighted by molar-refractivity contribution is 0.102. The Hall–Kier alpha value is -1.10. The van der Waals surface area contributed by atoms with Gasteiger partial charge in [-0.2, -0.15) is 0 Å². The summed E-state index contributed by atoms with van der Waals surface area (Å²) in [7, 11) is 0. The van der Waals surface area contributed by atoms with E-state index in [1.165, 1.54) is 12.1 Å². The highest BCUT2D eigenvalue weighted by Gasteiger charge is 2.10. The minimum absolute atomic E-state index is 0.186. The Morgan fingerprint density at radius 3 is 2.10 bits per heavy atom. The third kappa shape index (κ3) is 3.51. The molecule has 1 aromatic carbocycles. The Kier molecular flexibility index (Phi) is 4.68. The molecular formula is C14H11BrCl2N2O. The number of pyridine rings is 1. The molecule has 2 aromatic rings. The molecule has 6 heteroatoms. The summed E-state index contributed by atoms with van der Waals surface area (Å²) in [5, 5.41) is 3.19. The SMILES string of the molecule is Cc1cc(NC(=O)c2cc(Cl)nc(Cl)c2)cc(C)c1Br. The summed E-state index contributed by atoms with van der Waals surface area (Å²) >= 11 is 15.1. The van der Waals surface area contributed by atoms with Crippen LogP contribution in [0.2, 0.25) is 10.3 Å².